The maximum atomic E-state index is 12.8. The lowest BCUT2D eigenvalue weighted by atomic mass is 10.1. The molecule has 20 heavy (non-hydrogen) atoms. The first-order valence-electron chi connectivity index (χ1n) is 6.55. The summed E-state index contributed by atoms with van der Waals surface area (Å²) >= 11 is 0. The van der Waals surface area contributed by atoms with Gasteiger partial charge in [-0.25, -0.2) is 9.38 Å². The molecule has 0 heterocycles. The first-order valence-corrected chi connectivity index (χ1v) is 6.55. The Hall–Kier alpha value is -1.94. The molecule has 108 valence electrons. The average Bonchev–Trinajstić information content (AvgIpc) is 2.43. The standard InChI is InChI=1S/C16H22FN3/c1-5-6-13(2)18-11-20(4)12-19-14(3)15-7-9-16(17)10-8-15/h5-11,14,19H,1,12H2,2-4H3/b13-6+,18-11-. The molecule has 0 aliphatic rings. The Bertz CT molecular complexity index is 477. The van der Waals surface area contributed by atoms with Crippen LogP contribution in [0.3, 0.4) is 0 Å². The maximum absolute atomic E-state index is 12.8. The molecule has 0 amide bonds. The molecule has 1 unspecified atom stereocenters. The molecule has 0 saturated carbocycles. The molecule has 1 rings (SSSR count). The highest BCUT2D eigenvalue weighted by Crippen LogP contribution is 2.12. The quantitative estimate of drug-likeness (QED) is 0.357. The topological polar surface area (TPSA) is 27.6 Å². The highest BCUT2D eigenvalue weighted by atomic mass is 19.1. The molecule has 0 spiro atoms. The van der Waals surface area contributed by atoms with Crippen LogP contribution in [0.15, 0.2) is 53.7 Å². The Labute approximate surface area is 120 Å². The van der Waals surface area contributed by atoms with Crippen LogP contribution >= 0.6 is 0 Å². The van der Waals surface area contributed by atoms with Crippen molar-refractivity contribution in [2.75, 3.05) is 13.7 Å². The van der Waals surface area contributed by atoms with Crippen molar-refractivity contribution in [1.29, 1.82) is 0 Å². The second kappa shape index (κ2) is 8.27. The van der Waals surface area contributed by atoms with E-state index in [1.165, 1.54) is 12.1 Å². The summed E-state index contributed by atoms with van der Waals surface area (Å²) in [6.45, 7) is 8.24. The van der Waals surface area contributed by atoms with Crippen LogP contribution in [0.25, 0.3) is 0 Å². The van der Waals surface area contributed by atoms with Gasteiger partial charge in [0.1, 0.15) is 5.82 Å². The van der Waals surface area contributed by atoms with Crippen LogP contribution in [0.5, 0.6) is 0 Å². The molecule has 4 heteroatoms. The Morgan fingerprint density at radius 3 is 2.70 bits per heavy atom. The summed E-state index contributed by atoms with van der Waals surface area (Å²) in [6.07, 6.45) is 5.32. The molecule has 0 aromatic heterocycles. The predicted molar refractivity (Wildman–Crippen MR) is 83.0 cm³/mol. The molecule has 1 atom stereocenters. The van der Waals surface area contributed by atoms with E-state index in [-0.39, 0.29) is 11.9 Å². The molecule has 1 aromatic rings. The van der Waals surface area contributed by atoms with Gasteiger partial charge < -0.3 is 4.90 Å². The molecule has 0 saturated heterocycles. The number of rotatable bonds is 7. The van der Waals surface area contributed by atoms with E-state index in [1.54, 1.807) is 24.5 Å². The number of nitrogens with one attached hydrogen (secondary N) is 1. The third-order valence-corrected chi connectivity index (χ3v) is 2.83. The summed E-state index contributed by atoms with van der Waals surface area (Å²) in [5, 5.41) is 3.35. The summed E-state index contributed by atoms with van der Waals surface area (Å²) in [5.74, 6) is -0.213. The largest absolute Gasteiger partial charge is 0.353 e. The highest BCUT2D eigenvalue weighted by Gasteiger charge is 2.04. The minimum atomic E-state index is -0.213. The molecule has 0 fully saturated rings. The van der Waals surface area contributed by atoms with E-state index < -0.39 is 0 Å². The van der Waals surface area contributed by atoms with Gasteiger partial charge in [0.25, 0.3) is 0 Å². The molecule has 1 aromatic carbocycles. The van der Waals surface area contributed by atoms with E-state index in [2.05, 4.69) is 16.9 Å². The van der Waals surface area contributed by atoms with E-state index in [1.807, 2.05) is 31.9 Å². The first kappa shape index (κ1) is 16.1. The van der Waals surface area contributed by atoms with Crippen LogP contribution in [0, 0.1) is 5.82 Å². The van der Waals surface area contributed by atoms with Crippen molar-refractivity contribution >= 4 is 6.34 Å². The monoisotopic (exact) mass is 275 g/mol. The zero-order chi connectivity index (χ0) is 15.0. The van der Waals surface area contributed by atoms with Crippen molar-refractivity contribution in [3.8, 4) is 0 Å². The summed E-state index contributed by atoms with van der Waals surface area (Å²) in [4.78, 5) is 6.22. The lowest BCUT2D eigenvalue weighted by molar-refractivity contribution is 0.419. The minimum Gasteiger partial charge on any atom is -0.353 e. The van der Waals surface area contributed by atoms with E-state index in [0.717, 1.165) is 11.3 Å². The Kier molecular flexibility index (Phi) is 6.67. The van der Waals surface area contributed by atoms with Gasteiger partial charge in [-0.1, -0.05) is 24.8 Å². The van der Waals surface area contributed by atoms with Gasteiger partial charge >= 0.3 is 0 Å². The summed E-state index contributed by atoms with van der Waals surface area (Å²) in [6, 6.07) is 6.68. The number of halogens is 1. The van der Waals surface area contributed by atoms with Crippen LogP contribution in [-0.4, -0.2) is 25.0 Å². The third kappa shape index (κ3) is 5.80. The molecule has 1 N–H and O–H groups in total. The smallest absolute Gasteiger partial charge is 0.123 e. The van der Waals surface area contributed by atoms with Crippen LogP contribution < -0.4 is 5.32 Å². The number of hydrogen-bond acceptors (Lipinski definition) is 2. The minimum absolute atomic E-state index is 0.149. The number of allylic oxidation sites excluding steroid dienone is 3. The number of hydrogen-bond donors (Lipinski definition) is 1. The van der Waals surface area contributed by atoms with Crippen molar-refractivity contribution in [1.82, 2.24) is 10.2 Å². The van der Waals surface area contributed by atoms with Crippen molar-refractivity contribution in [3.05, 3.63) is 60.1 Å². The van der Waals surface area contributed by atoms with Crippen molar-refractivity contribution in [2.45, 2.75) is 19.9 Å². The molecule has 3 nitrogen and oxygen atoms in total. The van der Waals surface area contributed by atoms with Gasteiger partial charge in [0.05, 0.1) is 13.0 Å². The van der Waals surface area contributed by atoms with Crippen LogP contribution in [0.1, 0.15) is 25.5 Å². The van der Waals surface area contributed by atoms with Crippen molar-refractivity contribution < 1.29 is 4.39 Å². The fraction of sp³-hybridized carbons (Fsp3) is 0.312. The predicted octanol–water partition coefficient (Wildman–Crippen LogP) is 3.48. The van der Waals surface area contributed by atoms with Gasteiger partial charge in [-0.3, -0.25) is 5.32 Å². The third-order valence-electron chi connectivity index (χ3n) is 2.83. The molecule has 0 aliphatic carbocycles. The van der Waals surface area contributed by atoms with Crippen molar-refractivity contribution in [2.24, 2.45) is 4.99 Å². The summed E-state index contributed by atoms with van der Waals surface area (Å²) in [7, 11) is 1.94. The number of aliphatic imine (C=N–C) groups is 1. The Morgan fingerprint density at radius 2 is 2.10 bits per heavy atom. The molecule has 0 bridgehead atoms. The fourth-order valence-electron chi connectivity index (χ4n) is 1.59. The van der Waals surface area contributed by atoms with Gasteiger partial charge in [0.15, 0.2) is 0 Å². The first-order chi connectivity index (χ1) is 9.52. The highest BCUT2D eigenvalue weighted by molar-refractivity contribution is 5.56. The van der Waals surface area contributed by atoms with Crippen LogP contribution in [0.4, 0.5) is 4.39 Å². The Balaban J connectivity index is 2.44. The van der Waals surface area contributed by atoms with Gasteiger partial charge in [0.2, 0.25) is 0 Å². The summed E-state index contributed by atoms with van der Waals surface area (Å²) in [5.41, 5.74) is 1.96. The molecule has 0 radical (unpaired) electrons. The fourth-order valence-corrected chi connectivity index (χ4v) is 1.59. The van der Waals surface area contributed by atoms with Gasteiger partial charge in [-0.2, -0.15) is 0 Å². The lowest BCUT2D eigenvalue weighted by Gasteiger charge is -2.19. The normalized spacial score (nSPS) is 13.5. The maximum Gasteiger partial charge on any atom is 0.123 e. The molecular weight excluding hydrogens is 253 g/mol. The number of nitrogens with zero attached hydrogens (tertiary/aromatic N) is 2. The van der Waals surface area contributed by atoms with E-state index in [0.29, 0.717) is 6.67 Å². The van der Waals surface area contributed by atoms with Gasteiger partial charge in [-0.05, 0) is 37.6 Å². The van der Waals surface area contributed by atoms with E-state index in [4.69, 9.17) is 0 Å². The van der Waals surface area contributed by atoms with Crippen LogP contribution in [-0.2, 0) is 0 Å². The summed E-state index contributed by atoms with van der Waals surface area (Å²) < 4.78 is 12.8. The zero-order valence-electron chi connectivity index (χ0n) is 12.3. The van der Waals surface area contributed by atoms with Crippen LogP contribution in [0.2, 0.25) is 0 Å². The van der Waals surface area contributed by atoms with Crippen molar-refractivity contribution in [3.63, 3.8) is 0 Å². The van der Waals surface area contributed by atoms with E-state index in [9.17, 15) is 4.39 Å². The van der Waals surface area contributed by atoms with Gasteiger partial charge in [-0.15, -0.1) is 0 Å². The zero-order valence-corrected chi connectivity index (χ0v) is 12.3. The Morgan fingerprint density at radius 1 is 1.45 bits per heavy atom. The second-order valence-corrected chi connectivity index (χ2v) is 4.68. The SMILES string of the molecule is C=C/C=C(C)/N=C\N(C)CNC(C)c1ccc(F)cc1. The number of benzene rings is 1. The average molecular weight is 275 g/mol. The van der Waals surface area contributed by atoms with E-state index >= 15 is 0 Å². The lowest BCUT2D eigenvalue weighted by Crippen LogP contribution is -2.32. The van der Waals surface area contributed by atoms with Gasteiger partial charge in [0, 0.05) is 18.8 Å². The molecule has 0 aliphatic heterocycles. The second-order valence-electron chi connectivity index (χ2n) is 4.68. The molecular formula is C16H22FN3.